The first kappa shape index (κ1) is 29.7. The molecule has 8 rings (SSSR count). The number of pyridine rings is 1. The summed E-state index contributed by atoms with van der Waals surface area (Å²) in [7, 11) is 0. The predicted octanol–water partition coefficient (Wildman–Crippen LogP) is 11.3. The smallest absolute Gasteiger partial charge is 0.107 e. The van der Waals surface area contributed by atoms with E-state index in [1.807, 2.05) is 24.4 Å². The molecule has 4 heterocycles. The van der Waals surface area contributed by atoms with Gasteiger partial charge in [-0.05, 0) is 58.1 Å². The summed E-state index contributed by atoms with van der Waals surface area (Å²) in [6.45, 7) is 8.80. The molecule has 0 unspecified atom stereocenters. The second kappa shape index (κ2) is 11.8. The number of benzene rings is 4. The molecule has 226 valence electrons. The Labute approximate surface area is 285 Å². The molecule has 7 aromatic rings. The van der Waals surface area contributed by atoms with E-state index in [9.17, 15) is 0 Å². The Balaban J connectivity index is 0.00000325. The molecule has 0 atom stereocenters. The third-order valence-electron chi connectivity index (χ3n) is 7.92. The molecule has 0 aliphatic carbocycles. The van der Waals surface area contributed by atoms with Gasteiger partial charge in [0.25, 0.3) is 0 Å². The van der Waals surface area contributed by atoms with E-state index >= 15 is 0 Å². The molecule has 1 aliphatic rings. The van der Waals surface area contributed by atoms with Crippen LogP contribution >= 0.6 is 22.7 Å². The van der Waals surface area contributed by atoms with Gasteiger partial charge in [0, 0.05) is 60.5 Å². The van der Waals surface area contributed by atoms with Crippen LogP contribution in [0.5, 0.6) is 10.8 Å². The van der Waals surface area contributed by atoms with E-state index in [-0.39, 0.29) is 26.5 Å². The summed E-state index contributed by atoms with van der Waals surface area (Å²) >= 11 is 3.37. The number of nitrogens with zero attached hydrogens (tertiary/aromatic N) is 3. The maximum atomic E-state index is 6.49. The minimum Gasteiger partial charge on any atom is -0.493 e. The van der Waals surface area contributed by atoms with E-state index in [2.05, 4.69) is 134 Å². The normalized spacial score (nSPS) is 12.9. The van der Waals surface area contributed by atoms with Gasteiger partial charge in [-0.3, -0.25) is 4.98 Å². The van der Waals surface area contributed by atoms with E-state index < -0.39 is 0 Å². The second-order valence-corrected chi connectivity index (χ2v) is 13.8. The van der Waals surface area contributed by atoms with Crippen molar-refractivity contribution < 1.29 is 25.8 Å². The molecule has 0 amide bonds. The van der Waals surface area contributed by atoms with Crippen LogP contribution in [0.3, 0.4) is 0 Å². The van der Waals surface area contributed by atoms with Crippen LogP contribution in [0.25, 0.3) is 31.4 Å². The largest absolute Gasteiger partial charge is 0.493 e. The zero-order chi connectivity index (χ0) is 29.8. The first-order chi connectivity index (χ1) is 21.4. The molecule has 4 nitrogen and oxygen atoms in total. The van der Waals surface area contributed by atoms with Crippen LogP contribution in [0, 0.1) is 18.8 Å². The molecule has 0 saturated carbocycles. The summed E-state index contributed by atoms with van der Waals surface area (Å²) in [5.41, 5.74) is 7.54. The summed E-state index contributed by atoms with van der Waals surface area (Å²) in [5, 5.41) is 5.11. The topological polar surface area (TPSA) is 28.6 Å². The SMILES string of the molecule is CC(C)(C)c1ccnc(-c2cc3sccc3c3sc(Oc4[c-]c(N5[CH-]N(c6ccccc6)c6ccccc65)ccc4)[c-]c23)c1.[Pt]. The number of fused-ring (bicyclic) bond motifs is 4. The Morgan fingerprint density at radius 1 is 0.822 bits per heavy atom. The average molecular weight is 802 g/mol. The fraction of sp³-hybridized carbons (Fsp3) is 0.105. The molecule has 0 N–H and O–H groups in total. The third-order valence-corrected chi connectivity index (χ3v) is 9.78. The summed E-state index contributed by atoms with van der Waals surface area (Å²) in [5.74, 6) is 0.644. The van der Waals surface area contributed by atoms with Crippen molar-refractivity contribution in [3.05, 3.63) is 133 Å². The quantitative estimate of drug-likeness (QED) is 0.162. The molecule has 0 spiro atoms. The zero-order valence-corrected chi connectivity index (χ0v) is 28.8. The van der Waals surface area contributed by atoms with Gasteiger partial charge in [-0.1, -0.05) is 73.5 Å². The molecule has 1 aliphatic heterocycles. The Morgan fingerprint density at radius 3 is 2.40 bits per heavy atom. The molecule has 3 aromatic heterocycles. The third kappa shape index (κ3) is 5.46. The molecular weight excluding hydrogens is 774 g/mol. The first-order valence-corrected chi connectivity index (χ1v) is 16.2. The Morgan fingerprint density at radius 2 is 1.60 bits per heavy atom. The molecule has 7 heteroatoms. The number of aromatic nitrogens is 1. The molecule has 4 aromatic carbocycles. The van der Waals surface area contributed by atoms with Crippen LogP contribution < -0.4 is 14.5 Å². The summed E-state index contributed by atoms with van der Waals surface area (Å²) < 4.78 is 8.89. The molecule has 0 bridgehead atoms. The number of rotatable bonds is 5. The monoisotopic (exact) mass is 801 g/mol. The number of anilines is 4. The minimum absolute atomic E-state index is 0. The molecule has 0 radical (unpaired) electrons. The van der Waals surface area contributed by atoms with Gasteiger partial charge in [-0.2, -0.15) is 22.8 Å². The van der Waals surface area contributed by atoms with Gasteiger partial charge in [0.1, 0.15) is 5.06 Å². The Bertz CT molecular complexity index is 2150. The van der Waals surface area contributed by atoms with E-state index in [1.54, 1.807) is 22.7 Å². The van der Waals surface area contributed by atoms with Crippen molar-refractivity contribution >= 4 is 65.6 Å². The molecule has 0 saturated heterocycles. The zero-order valence-electron chi connectivity index (χ0n) is 24.9. The van der Waals surface area contributed by atoms with Crippen molar-refractivity contribution in [1.29, 1.82) is 0 Å². The van der Waals surface area contributed by atoms with Gasteiger partial charge in [-0.25, -0.2) is 0 Å². The van der Waals surface area contributed by atoms with Crippen LogP contribution in [-0.4, -0.2) is 4.98 Å². The number of ether oxygens (including phenoxy) is 1. The maximum Gasteiger partial charge on any atom is 0.107 e. The number of hydrogen-bond acceptors (Lipinski definition) is 6. The summed E-state index contributed by atoms with van der Waals surface area (Å²) in [4.78, 5) is 9.15. The maximum absolute atomic E-state index is 6.49. The van der Waals surface area contributed by atoms with Crippen LogP contribution in [-0.2, 0) is 26.5 Å². The van der Waals surface area contributed by atoms with Gasteiger partial charge < -0.3 is 14.5 Å². The van der Waals surface area contributed by atoms with Crippen LogP contribution in [0.2, 0.25) is 0 Å². The van der Waals surface area contributed by atoms with Crippen LogP contribution in [0.1, 0.15) is 26.3 Å². The number of para-hydroxylation sites is 3. The fourth-order valence-electron chi connectivity index (χ4n) is 5.66. The van der Waals surface area contributed by atoms with Crippen molar-refractivity contribution in [1.82, 2.24) is 4.98 Å². The van der Waals surface area contributed by atoms with E-state index in [1.165, 1.54) is 15.6 Å². The Kier molecular flexibility index (Phi) is 7.77. The predicted molar refractivity (Wildman–Crippen MR) is 185 cm³/mol. The van der Waals surface area contributed by atoms with Gasteiger partial charge in [0.05, 0.1) is 0 Å². The standard InChI is InChI=1S/C38H28N3OS2.Pt/c1-38(2,3)25-16-18-39-32(20-25)30-22-35-29(17-19-43-35)37-31(30)23-36(44-37)42-28-13-9-12-27(21-28)41-24-40(26-10-5-4-6-11-26)33-14-7-8-15-34(33)41;/h4-20,22,24H,1-3H3;/q-3;. The van der Waals surface area contributed by atoms with Crippen molar-refractivity contribution in [2.75, 3.05) is 9.80 Å². The van der Waals surface area contributed by atoms with E-state index in [0.29, 0.717) is 10.8 Å². The van der Waals surface area contributed by atoms with Crippen LogP contribution in [0.15, 0.2) is 109 Å². The van der Waals surface area contributed by atoms with E-state index in [0.717, 1.165) is 44.1 Å². The van der Waals surface area contributed by atoms with Crippen molar-refractivity contribution in [2.24, 2.45) is 0 Å². The van der Waals surface area contributed by atoms with Crippen molar-refractivity contribution in [3.63, 3.8) is 0 Å². The molecular formula is C38H28N3OPtS2-3. The van der Waals surface area contributed by atoms with Gasteiger partial charge in [-0.15, -0.1) is 48.0 Å². The minimum atomic E-state index is 0. The van der Waals surface area contributed by atoms with Crippen LogP contribution in [0.4, 0.5) is 22.7 Å². The van der Waals surface area contributed by atoms with Gasteiger partial charge in [0.15, 0.2) is 0 Å². The number of hydrogen-bond donors (Lipinski definition) is 0. The van der Waals surface area contributed by atoms with Gasteiger partial charge in [0.2, 0.25) is 0 Å². The van der Waals surface area contributed by atoms with Crippen molar-refractivity contribution in [3.8, 4) is 22.1 Å². The van der Waals surface area contributed by atoms with Crippen molar-refractivity contribution in [2.45, 2.75) is 26.2 Å². The van der Waals surface area contributed by atoms with Gasteiger partial charge >= 0.3 is 0 Å². The van der Waals surface area contributed by atoms with E-state index in [4.69, 9.17) is 9.72 Å². The molecule has 0 fully saturated rings. The summed E-state index contributed by atoms with van der Waals surface area (Å²) in [6, 6.07) is 40.7. The average Bonchev–Trinajstić information content (AvgIpc) is 3.78. The fourth-order valence-corrected chi connectivity index (χ4v) is 7.58. The molecule has 45 heavy (non-hydrogen) atoms. The number of thiophene rings is 2. The summed E-state index contributed by atoms with van der Waals surface area (Å²) in [6.07, 6.45) is 1.91. The second-order valence-electron chi connectivity index (χ2n) is 11.8. The first-order valence-electron chi connectivity index (χ1n) is 14.5. The Hall–Kier alpha value is -3.96.